The first-order valence-electron chi connectivity index (χ1n) is 9.87. The van der Waals surface area contributed by atoms with Crippen LogP contribution >= 0.6 is 0 Å². The Hall–Kier alpha value is -2.82. The average molecular weight is 398 g/mol. The quantitative estimate of drug-likeness (QED) is 0.667. The number of carboxylic acid groups (broad SMARTS) is 1. The molecule has 5 heteroatoms. The summed E-state index contributed by atoms with van der Waals surface area (Å²) in [4.78, 5) is 23.5. The van der Waals surface area contributed by atoms with E-state index in [4.69, 9.17) is 9.84 Å². The highest BCUT2D eigenvalue weighted by molar-refractivity contribution is 5.94. The zero-order chi connectivity index (χ0) is 21.8. The number of aliphatic carboxylic acids is 1. The zero-order valence-electron chi connectivity index (χ0n) is 18.1. The third kappa shape index (κ3) is 6.34. The van der Waals surface area contributed by atoms with Crippen LogP contribution in [-0.2, 0) is 15.0 Å². The predicted octanol–water partition coefficient (Wildman–Crippen LogP) is 5.28. The van der Waals surface area contributed by atoms with E-state index in [0.717, 1.165) is 22.4 Å². The smallest absolute Gasteiger partial charge is 0.303 e. The molecule has 2 aromatic rings. The minimum Gasteiger partial charge on any atom is -0.481 e. The number of rotatable bonds is 7. The van der Waals surface area contributed by atoms with Crippen molar-refractivity contribution < 1.29 is 19.4 Å². The highest BCUT2D eigenvalue weighted by Gasteiger charge is 2.22. The lowest BCUT2D eigenvalue weighted by atomic mass is 9.86. The zero-order valence-corrected chi connectivity index (χ0v) is 18.1. The van der Waals surface area contributed by atoms with E-state index >= 15 is 0 Å². The van der Waals surface area contributed by atoms with Crippen LogP contribution in [0.2, 0.25) is 0 Å². The van der Waals surface area contributed by atoms with Gasteiger partial charge in [0.15, 0.2) is 6.10 Å². The van der Waals surface area contributed by atoms with Crippen molar-refractivity contribution in [3.8, 4) is 5.75 Å². The van der Waals surface area contributed by atoms with Crippen molar-refractivity contribution in [2.75, 3.05) is 5.32 Å². The molecule has 0 saturated carbocycles. The highest BCUT2D eigenvalue weighted by atomic mass is 16.5. The molecule has 0 aliphatic rings. The number of aryl methyl sites for hydroxylation is 1. The monoisotopic (exact) mass is 397 g/mol. The van der Waals surface area contributed by atoms with Crippen LogP contribution in [0.15, 0.2) is 42.5 Å². The van der Waals surface area contributed by atoms with Crippen molar-refractivity contribution in [3.63, 3.8) is 0 Å². The first kappa shape index (κ1) is 22.5. The number of carboxylic acids is 1. The Morgan fingerprint density at radius 2 is 1.69 bits per heavy atom. The topological polar surface area (TPSA) is 75.6 Å². The summed E-state index contributed by atoms with van der Waals surface area (Å²) in [7, 11) is 0. The molecular formula is C24H31NO4. The van der Waals surface area contributed by atoms with Crippen molar-refractivity contribution in [1.82, 2.24) is 0 Å². The molecule has 0 fully saturated rings. The van der Waals surface area contributed by atoms with Crippen molar-refractivity contribution in [1.29, 1.82) is 0 Å². The van der Waals surface area contributed by atoms with E-state index in [1.807, 2.05) is 44.2 Å². The molecule has 0 spiro atoms. The number of hydrogen-bond acceptors (Lipinski definition) is 3. The Morgan fingerprint density at radius 1 is 1.07 bits per heavy atom. The van der Waals surface area contributed by atoms with E-state index in [1.165, 1.54) is 0 Å². The van der Waals surface area contributed by atoms with Crippen LogP contribution < -0.4 is 10.1 Å². The Balaban J connectivity index is 2.07. The molecule has 2 aromatic carbocycles. The Bertz CT molecular complexity index is 865. The van der Waals surface area contributed by atoms with Gasteiger partial charge in [-0.3, -0.25) is 9.59 Å². The normalized spacial score (nSPS) is 13.4. The average Bonchev–Trinajstić information content (AvgIpc) is 2.60. The molecule has 2 unspecified atom stereocenters. The fraction of sp³-hybridized carbons (Fsp3) is 0.417. The van der Waals surface area contributed by atoms with Gasteiger partial charge in [0.05, 0.1) is 6.42 Å². The lowest BCUT2D eigenvalue weighted by molar-refractivity contribution is -0.137. The number of hydrogen-bond donors (Lipinski definition) is 2. The van der Waals surface area contributed by atoms with Gasteiger partial charge in [0.2, 0.25) is 0 Å². The van der Waals surface area contributed by atoms with Gasteiger partial charge in [-0.25, -0.2) is 0 Å². The molecule has 1 amide bonds. The maximum absolute atomic E-state index is 12.6. The first-order chi connectivity index (χ1) is 13.5. The predicted molar refractivity (Wildman–Crippen MR) is 116 cm³/mol. The van der Waals surface area contributed by atoms with Crippen molar-refractivity contribution in [2.45, 2.75) is 65.4 Å². The van der Waals surface area contributed by atoms with Crippen LogP contribution in [0, 0.1) is 6.92 Å². The molecule has 0 aromatic heterocycles. The molecule has 2 N–H and O–H groups in total. The van der Waals surface area contributed by atoms with E-state index in [-0.39, 0.29) is 23.7 Å². The van der Waals surface area contributed by atoms with Crippen LogP contribution in [-0.4, -0.2) is 23.1 Å². The number of carbonyl (C=O) groups is 2. The van der Waals surface area contributed by atoms with E-state index in [1.54, 1.807) is 19.1 Å². The standard InChI is InChI=1S/C24H31NO4/c1-15-7-12-20(24(4,5)6)21(13-15)29-17(3)23(28)25-19-10-8-18(9-11-19)16(2)14-22(26)27/h7-13,16-17H,14H2,1-6H3,(H,25,28)(H,26,27). The molecule has 0 radical (unpaired) electrons. The maximum atomic E-state index is 12.6. The molecule has 2 rings (SSSR count). The van der Waals surface area contributed by atoms with Crippen LogP contribution in [0.5, 0.6) is 5.75 Å². The van der Waals surface area contributed by atoms with Gasteiger partial charge >= 0.3 is 5.97 Å². The summed E-state index contributed by atoms with van der Waals surface area (Å²) in [5.41, 5.74) is 3.61. The Morgan fingerprint density at radius 3 is 2.24 bits per heavy atom. The van der Waals surface area contributed by atoms with Gasteiger partial charge in [-0.2, -0.15) is 0 Å². The molecule has 2 atom stereocenters. The van der Waals surface area contributed by atoms with Crippen molar-refractivity contribution in [3.05, 3.63) is 59.2 Å². The second-order valence-electron chi connectivity index (χ2n) is 8.62. The summed E-state index contributed by atoms with van der Waals surface area (Å²) in [5, 5.41) is 11.8. The first-order valence-corrected chi connectivity index (χ1v) is 9.87. The molecule has 0 heterocycles. The minimum absolute atomic E-state index is 0.0726. The number of anilines is 1. The summed E-state index contributed by atoms with van der Waals surface area (Å²) in [6, 6.07) is 13.3. The number of benzene rings is 2. The summed E-state index contributed by atoms with van der Waals surface area (Å²) in [6.45, 7) is 11.9. The van der Waals surface area contributed by atoms with E-state index in [9.17, 15) is 9.59 Å². The molecule has 0 aliphatic carbocycles. The van der Waals surface area contributed by atoms with E-state index in [2.05, 4.69) is 26.1 Å². The minimum atomic E-state index is -0.827. The second-order valence-corrected chi connectivity index (χ2v) is 8.62. The molecule has 156 valence electrons. The third-order valence-electron chi connectivity index (χ3n) is 4.85. The summed E-state index contributed by atoms with van der Waals surface area (Å²) < 4.78 is 6.02. The maximum Gasteiger partial charge on any atom is 0.303 e. The summed E-state index contributed by atoms with van der Waals surface area (Å²) in [5.74, 6) is -0.432. The van der Waals surface area contributed by atoms with Gasteiger partial charge in [0.25, 0.3) is 5.91 Å². The lowest BCUT2D eigenvalue weighted by Gasteiger charge is -2.25. The number of nitrogens with one attached hydrogen (secondary N) is 1. The number of carbonyl (C=O) groups excluding carboxylic acids is 1. The van der Waals surface area contributed by atoms with Gasteiger partial charge in [0.1, 0.15) is 5.75 Å². The highest BCUT2D eigenvalue weighted by Crippen LogP contribution is 2.32. The molecule has 0 bridgehead atoms. The molecule has 0 aliphatic heterocycles. The molecule has 5 nitrogen and oxygen atoms in total. The SMILES string of the molecule is Cc1ccc(C(C)(C)C)c(OC(C)C(=O)Nc2ccc(C(C)CC(=O)O)cc2)c1. The largest absolute Gasteiger partial charge is 0.481 e. The Labute approximate surface area is 173 Å². The Kier molecular flexibility index (Phi) is 7.07. The fourth-order valence-corrected chi connectivity index (χ4v) is 3.11. The van der Waals surface area contributed by atoms with Gasteiger partial charge in [-0.1, -0.05) is 52.0 Å². The lowest BCUT2D eigenvalue weighted by Crippen LogP contribution is -2.31. The van der Waals surface area contributed by atoms with Gasteiger partial charge < -0.3 is 15.2 Å². The molecule has 0 saturated heterocycles. The van der Waals surface area contributed by atoms with Gasteiger partial charge in [-0.05, 0) is 60.1 Å². The van der Waals surface area contributed by atoms with Crippen LogP contribution in [0.1, 0.15) is 63.6 Å². The number of amides is 1. The molecular weight excluding hydrogens is 366 g/mol. The summed E-state index contributed by atoms with van der Waals surface area (Å²) in [6.07, 6.45) is -0.591. The van der Waals surface area contributed by atoms with Gasteiger partial charge in [-0.15, -0.1) is 0 Å². The van der Waals surface area contributed by atoms with Crippen LogP contribution in [0.25, 0.3) is 0 Å². The second kappa shape index (κ2) is 9.12. The molecule has 29 heavy (non-hydrogen) atoms. The number of ether oxygens (including phenoxy) is 1. The van der Waals surface area contributed by atoms with Crippen molar-refractivity contribution >= 4 is 17.6 Å². The van der Waals surface area contributed by atoms with Crippen LogP contribution in [0.3, 0.4) is 0 Å². The van der Waals surface area contributed by atoms with E-state index < -0.39 is 12.1 Å². The van der Waals surface area contributed by atoms with E-state index in [0.29, 0.717) is 5.69 Å². The summed E-state index contributed by atoms with van der Waals surface area (Å²) >= 11 is 0. The van der Waals surface area contributed by atoms with Gasteiger partial charge in [0, 0.05) is 5.69 Å². The van der Waals surface area contributed by atoms with Crippen molar-refractivity contribution in [2.24, 2.45) is 0 Å². The fourth-order valence-electron chi connectivity index (χ4n) is 3.11. The third-order valence-corrected chi connectivity index (χ3v) is 4.85. The van der Waals surface area contributed by atoms with Crippen LogP contribution in [0.4, 0.5) is 5.69 Å².